The lowest BCUT2D eigenvalue weighted by Gasteiger charge is -2.28. The van der Waals surface area contributed by atoms with Crippen molar-refractivity contribution < 1.29 is 19.0 Å². The summed E-state index contributed by atoms with van der Waals surface area (Å²) in [7, 11) is 1.58. The molecule has 0 amide bonds. The third-order valence-electron chi connectivity index (χ3n) is 5.30. The Balaban J connectivity index is 1.67. The summed E-state index contributed by atoms with van der Waals surface area (Å²) in [6, 6.07) is 13.1. The Kier molecular flexibility index (Phi) is 6.30. The Bertz CT molecular complexity index is 1180. The van der Waals surface area contributed by atoms with Crippen LogP contribution < -0.4 is 14.8 Å². The lowest BCUT2D eigenvalue weighted by Crippen LogP contribution is -2.30. The second-order valence-electron chi connectivity index (χ2n) is 8.15. The first-order valence-corrected chi connectivity index (χ1v) is 10.7. The van der Waals surface area contributed by atoms with Gasteiger partial charge in [0, 0.05) is 5.70 Å². The fourth-order valence-electron chi connectivity index (χ4n) is 3.68. The first kappa shape index (κ1) is 22.3. The van der Waals surface area contributed by atoms with E-state index in [2.05, 4.69) is 20.8 Å². The summed E-state index contributed by atoms with van der Waals surface area (Å²) in [6.07, 6.45) is -0.263. The first-order valence-electron chi connectivity index (χ1n) is 10.7. The maximum atomic E-state index is 13.0. The second-order valence-corrected chi connectivity index (χ2v) is 8.15. The predicted molar refractivity (Wildman–Crippen MR) is 122 cm³/mol. The molecule has 0 aliphatic carbocycles. The van der Waals surface area contributed by atoms with Gasteiger partial charge < -0.3 is 19.5 Å². The molecule has 1 aliphatic rings. The van der Waals surface area contributed by atoms with Crippen molar-refractivity contribution in [3.05, 3.63) is 70.4 Å². The minimum atomic E-state index is -0.581. The number of ether oxygens (including phenoxy) is 3. The summed E-state index contributed by atoms with van der Waals surface area (Å²) in [6.45, 7) is 7.88. The van der Waals surface area contributed by atoms with Crippen molar-refractivity contribution in [3.8, 4) is 11.5 Å². The second kappa shape index (κ2) is 9.32. The third kappa shape index (κ3) is 4.67. The number of anilines is 1. The average molecular weight is 450 g/mol. The van der Waals surface area contributed by atoms with Crippen molar-refractivity contribution in [2.45, 2.75) is 46.4 Å². The number of nitrogens with one attached hydrogen (secondary N) is 1. The molecular weight excluding hydrogens is 422 g/mol. The highest BCUT2D eigenvalue weighted by molar-refractivity contribution is 5.92. The largest absolute Gasteiger partial charge is 0.493 e. The number of carbonyl (C=O) groups is 1. The number of rotatable bonds is 7. The molecular formula is C24H27N5O4. The number of allylic oxidation sites excluding steroid dienone is 1. The zero-order chi connectivity index (χ0) is 23.5. The van der Waals surface area contributed by atoms with E-state index in [0.29, 0.717) is 35.3 Å². The van der Waals surface area contributed by atoms with E-state index in [1.807, 2.05) is 63.2 Å². The number of nitrogens with zero attached hydrogens (tertiary/aromatic N) is 4. The minimum absolute atomic E-state index is 0.263. The van der Waals surface area contributed by atoms with Crippen molar-refractivity contribution in [2.24, 2.45) is 0 Å². The Labute approximate surface area is 192 Å². The summed E-state index contributed by atoms with van der Waals surface area (Å²) in [5.74, 6) is 1.15. The molecule has 0 saturated carbocycles. The normalized spacial score (nSPS) is 15.2. The summed E-state index contributed by atoms with van der Waals surface area (Å²) >= 11 is 0. The lowest BCUT2D eigenvalue weighted by molar-refractivity contribution is -0.143. The molecule has 0 saturated heterocycles. The number of esters is 1. The van der Waals surface area contributed by atoms with E-state index in [9.17, 15) is 4.79 Å². The highest BCUT2D eigenvalue weighted by atomic mass is 16.5. The van der Waals surface area contributed by atoms with Crippen molar-refractivity contribution >= 4 is 11.9 Å². The van der Waals surface area contributed by atoms with E-state index >= 15 is 0 Å². The van der Waals surface area contributed by atoms with Crippen molar-refractivity contribution in [1.29, 1.82) is 0 Å². The number of aromatic nitrogens is 4. The monoisotopic (exact) mass is 449 g/mol. The number of fused-ring (bicyclic) bond motifs is 1. The van der Waals surface area contributed by atoms with Gasteiger partial charge in [-0.25, -0.2) is 4.79 Å². The molecule has 1 aromatic heterocycles. The number of tetrazole rings is 1. The predicted octanol–water partition coefficient (Wildman–Crippen LogP) is 3.81. The van der Waals surface area contributed by atoms with E-state index in [-0.39, 0.29) is 6.10 Å². The van der Waals surface area contributed by atoms with Crippen molar-refractivity contribution in [3.63, 3.8) is 0 Å². The molecule has 0 bridgehead atoms. The van der Waals surface area contributed by atoms with Crippen LogP contribution in [-0.4, -0.2) is 39.4 Å². The summed E-state index contributed by atoms with van der Waals surface area (Å²) in [5.41, 5.74) is 4.07. The Morgan fingerprint density at radius 1 is 1.12 bits per heavy atom. The van der Waals surface area contributed by atoms with Gasteiger partial charge >= 0.3 is 5.97 Å². The molecule has 9 nitrogen and oxygen atoms in total. The number of aryl methyl sites for hydroxylation is 1. The highest BCUT2D eigenvalue weighted by Crippen LogP contribution is 2.39. The summed E-state index contributed by atoms with van der Waals surface area (Å²) in [5, 5.41) is 15.0. The van der Waals surface area contributed by atoms with Gasteiger partial charge in [0.2, 0.25) is 5.95 Å². The molecule has 33 heavy (non-hydrogen) atoms. The topological polar surface area (TPSA) is 100 Å². The van der Waals surface area contributed by atoms with Crippen LogP contribution in [0.4, 0.5) is 5.95 Å². The molecule has 0 radical (unpaired) electrons. The average Bonchev–Trinajstić information content (AvgIpc) is 3.25. The van der Waals surface area contributed by atoms with Gasteiger partial charge in [-0.2, -0.15) is 4.68 Å². The molecule has 1 atom stereocenters. The van der Waals surface area contributed by atoms with E-state index in [0.717, 1.165) is 11.1 Å². The molecule has 1 aliphatic heterocycles. The van der Waals surface area contributed by atoms with Gasteiger partial charge in [0.1, 0.15) is 12.6 Å². The van der Waals surface area contributed by atoms with Gasteiger partial charge in [0.25, 0.3) is 0 Å². The van der Waals surface area contributed by atoms with Crippen LogP contribution in [0.2, 0.25) is 0 Å². The lowest BCUT2D eigenvalue weighted by atomic mass is 9.95. The molecule has 0 fully saturated rings. The number of carbonyl (C=O) groups excluding carboxylic acids is 1. The van der Waals surface area contributed by atoms with Crippen molar-refractivity contribution in [1.82, 2.24) is 20.2 Å². The third-order valence-corrected chi connectivity index (χ3v) is 5.30. The van der Waals surface area contributed by atoms with Gasteiger partial charge in [0.05, 0.1) is 18.8 Å². The maximum Gasteiger partial charge on any atom is 0.338 e. The van der Waals surface area contributed by atoms with Crippen LogP contribution in [0.15, 0.2) is 53.7 Å². The maximum absolute atomic E-state index is 13.0. The van der Waals surface area contributed by atoms with Crippen LogP contribution in [0.25, 0.3) is 0 Å². The molecule has 0 unspecified atom stereocenters. The van der Waals surface area contributed by atoms with Crippen LogP contribution in [-0.2, 0) is 16.1 Å². The number of hydrogen-bond donors (Lipinski definition) is 1. The standard InChI is InChI=1S/C24H27N5O4/c1-14(2)33-23(30)21-16(4)25-24-26-27-28-29(24)22(21)18-10-11-19(20(12-18)31-5)32-13-17-8-6-15(3)7-9-17/h6-12,14,22H,13H2,1-5H3,(H,25,26,28)/t22-/m1/s1. The van der Waals surface area contributed by atoms with Crippen molar-refractivity contribution in [2.75, 3.05) is 12.4 Å². The molecule has 2 heterocycles. The van der Waals surface area contributed by atoms with Crippen LogP contribution >= 0.6 is 0 Å². The fraction of sp³-hybridized carbons (Fsp3) is 0.333. The molecule has 2 aromatic carbocycles. The Hall–Kier alpha value is -3.88. The van der Waals surface area contributed by atoms with Crippen LogP contribution in [0.3, 0.4) is 0 Å². The Morgan fingerprint density at radius 2 is 1.88 bits per heavy atom. The Morgan fingerprint density at radius 3 is 2.58 bits per heavy atom. The number of benzene rings is 2. The van der Waals surface area contributed by atoms with Gasteiger partial charge in [-0.3, -0.25) is 0 Å². The van der Waals surface area contributed by atoms with Gasteiger partial charge in [-0.1, -0.05) is 41.0 Å². The minimum Gasteiger partial charge on any atom is -0.493 e. The molecule has 172 valence electrons. The molecule has 9 heteroatoms. The van der Waals surface area contributed by atoms with Crippen LogP contribution in [0, 0.1) is 6.92 Å². The number of methoxy groups -OCH3 is 1. The van der Waals surface area contributed by atoms with E-state index < -0.39 is 12.0 Å². The van der Waals surface area contributed by atoms with Gasteiger partial charge in [-0.05, 0) is 61.4 Å². The molecule has 3 aromatic rings. The molecule has 4 rings (SSSR count). The summed E-state index contributed by atoms with van der Waals surface area (Å²) < 4.78 is 18.7. The van der Waals surface area contributed by atoms with Crippen LogP contribution in [0.5, 0.6) is 11.5 Å². The molecule has 0 spiro atoms. The SMILES string of the molecule is COc1cc([C@@H]2C(C(=O)OC(C)C)=C(C)Nc3nnnn32)ccc1OCc1ccc(C)cc1. The fourth-order valence-corrected chi connectivity index (χ4v) is 3.68. The first-order chi connectivity index (χ1) is 15.9. The van der Waals surface area contributed by atoms with E-state index in [4.69, 9.17) is 14.2 Å². The smallest absolute Gasteiger partial charge is 0.338 e. The van der Waals surface area contributed by atoms with Crippen LogP contribution in [0.1, 0.15) is 43.5 Å². The van der Waals surface area contributed by atoms with Gasteiger partial charge in [-0.15, -0.1) is 0 Å². The zero-order valence-corrected chi connectivity index (χ0v) is 19.3. The van der Waals surface area contributed by atoms with E-state index in [1.165, 1.54) is 5.56 Å². The quantitative estimate of drug-likeness (QED) is 0.544. The summed E-state index contributed by atoms with van der Waals surface area (Å²) in [4.78, 5) is 13.0. The van der Waals surface area contributed by atoms with E-state index in [1.54, 1.807) is 18.7 Å². The zero-order valence-electron chi connectivity index (χ0n) is 19.3. The van der Waals surface area contributed by atoms with Gasteiger partial charge in [0.15, 0.2) is 11.5 Å². The number of hydrogen-bond acceptors (Lipinski definition) is 8. The molecule has 1 N–H and O–H groups in total. The highest BCUT2D eigenvalue weighted by Gasteiger charge is 2.35.